The molecule has 5 heteroatoms. The van der Waals surface area contributed by atoms with E-state index in [1.54, 1.807) is 11.8 Å². The van der Waals surface area contributed by atoms with Crippen molar-refractivity contribution < 1.29 is 4.57 Å². The number of aromatic nitrogens is 2. The van der Waals surface area contributed by atoms with Gasteiger partial charge in [-0.2, -0.15) is 0 Å². The third kappa shape index (κ3) is 3.15. The maximum absolute atomic E-state index is 15.3. The Hall–Kier alpha value is -3.85. The van der Waals surface area contributed by atoms with Crippen LogP contribution in [-0.2, 0) is 4.57 Å². The zero-order chi connectivity index (χ0) is 24.1. The average molecular weight is 501 g/mol. The van der Waals surface area contributed by atoms with Crippen LogP contribution in [0.3, 0.4) is 0 Å². The number of nitrogens with zero attached hydrogens (tertiary/aromatic N) is 2. The largest absolute Gasteiger partial charge is 0.309 e. The number of fused-ring (bicyclic) bond motifs is 2. The highest BCUT2D eigenvalue weighted by Gasteiger charge is 2.35. The predicted molar refractivity (Wildman–Crippen MR) is 150 cm³/mol. The van der Waals surface area contributed by atoms with Gasteiger partial charge in [0, 0.05) is 31.3 Å². The van der Waals surface area contributed by atoms with Gasteiger partial charge >= 0.3 is 0 Å². The fraction of sp³-hybridized carbons (Fsp3) is 0. The molecule has 0 spiro atoms. The van der Waals surface area contributed by atoms with E-state index in [1.807, 2.05) is 84.9 Å². The van der Waals surface area contributed by atoms with Gasteiger partial charge in [0.05, 0.1) is 11.2 Å². The molecule has 0 saturated carbocycles. The molecule has 3 nitrogen and oxygen atoms in total. The fourth-order valence-electron chi connectivity index (χ4n) is 5.04. The summed E-state index contributed by atoms with van der Waals surface area (Å²) in [5, 5.41) is 2.40. The molecule has 2 heterocycles. The van der Waals surface area contributed by atoms with Gasteiger partial charge in [0.1, 0.15) is 11.3 Å². The third-order valence-corrected chi connectivity index (χ3v) is 10.9. The van der Waals surface area contributed by atoms with Crippen molar-refractivity contribution in [3.8, 4) is 17.1 Å². The molecule has 0 N–H and O–H groups in total. The lowest BCUT2D eigenvalue weighted by atomic mass is 10.2. The first-order chi connectivity index (χ1) is 17.7. The van der Waals surface area contributed by atoms with E-state index in [4.69, 9.17) is 4.98 Å². The van der Waals surface area contributed by atoms with Gasteiger partial charge in [-0.05, 0) is 24.3 Å². The van der Waals surface area contributed by atoms with Crippen molar-refractivity contribution in [1.29, 1.82) is 0 Å². The van der Waals surface area contributed by atoms with Crippen LogP contribution < -0.4 is 15.9 Å². The van der Waals surface area contributed by atoms with Crippen LogP contribution in [0.4, 0.5) is 0 Å². The highest BCUT2D eigenvalue weighted by atomic mass is 32.2. The molecule has 0 saturated heterocycles. The van der Waals surface area contributed by atoms with Crippen molar-refractivity contribution in [3.63, 3.8) is 0 Å². The molecule has 0 atom stereocenters. The molecule has 1 aliphatic rings. The Labute approximate surface area is 213 Å². The van der Waals surface area contributed by atoms with Crippen LogP contribution in [0.1, 0.15) is 0 Å². The summed E-state index contributed by atoms with van der Waals surface area (Å²) in [6.45, 7) is 0. The summed E-state index contributed by atoms with van der Waals surface area (Å²) in [5.41, 5.74) is 3.94. The Bertz CT molecular complexity index is 1740. The molecule has 0 fully saturated rings. The van der Waals surface area contributed by atoms with E-state index < -0.39 is 7.14 Å². The Balaban J connectivity index is 1.61. The summed E-state index contributed by atoms with van der Waals surface area (Å²) in [7, 11) is -3.20. The molecule has 0 unspecified atom stereocenters. The number of benzene rings is 5. The molecule has 1 aromatic heterocycles. The normalized spacial score (nSPS) is 12.4. The zero-order valence-electron chi connectivity index (χ0n) is 19.3. The summed E-state index contributed by atoms with van der Waals surface area (Å²) in [6.07, 6.45) is 0. The van der Waals surface area contributed by atoms with Gasteiger partial charge in [-0.1, -0.05) is 115 Å². The number of hydrogen-bond donors (Lipinski definition) is 0. The van der Waals surface area contributed by atoms with E-state index in [1.165, 1.54) is 4.90 Å². The first-order valence-corrected chi connectivity index (χ1v) is 14.4. The van der Waals surface area contributed by atoms with Gasteiger partial charge in [0.15, 0.2) is 7.14 Å². The Kier molecular flexibility index (Phi) is 4.99. The van der Waals surface area contributed by atoms with Crippen molar-refractivity contribution >= 4 is 45.9 Å². The molecule has 0 bridgehead atoms. The summed E-state index contributed by atoms with van der Waals surface area (Å²) < 4.78 is 17.5. The topological polar surface area (TPSA) is 34.9 Å². The molecule has 172 valence electrons. The Morgan fingerprint density at radius 2 is 1.19 bits per heavy atom. The van der Waals surface area contributed by atoms with Gasteiger partial charge in [0.25, 0.3) is 0 Å². The maximum atomic E-state index is 15.3. The Morgan fingerprint density at radius 3 is 1.86 bits per heavy atom. The van der Waals surface area contributed by atoms with Gasteiger partial charge < -0.3 is 4.57 Å². The first kappa shape index (κ1) is 21.4. The van der Waals surface area contributed by atoms with E-state index in [0.29, 0.717) is 0 Å². The number of rotatable bonds is 4. The minimum absolute atomic E-state index is 0.773. The standard InChI is InChI=1S/C31H21N2OPS/c34-35(23-14-6-2-7-15-23,24-16-8-3-9-17-24)26-20-21-28-30-29(26)32-31(22-12-4-1-5-13-22)33(30)25-18-10-11-19-27(25)36-28/h1-21H. The van der Waals surface area contributed by atoms with Gasteiger partial charge in [-0.3, -0.25) is 4.57 Å². The van der Waals surface area contributed by atoms with Crippen LogP contribution in [0.5, 0.6) is 0 Å². The average Bonchev–Trinajstić information content (AvgIpc) is 3.36. The molecule has 0 radical (unpaired) electrons. The molecule has 7 rings (SSSR count). The second kappa shape index (κ2) is 8.37. The third-order valence-electron chi connectivity index (χ3n) is 6.68. The van der Waals surface area contributed by atoms with Gasteiger partial charge in [-0.15, -0.1) is 0 Å². The quantitative estimate of drug-likeness (QED) is 0.250. The Morgan fingerprint density at radius 1 is 0.611 bits per heavy atom. The molecule has 0 amide bonds. The summed E-state index contributed by atoms with van der Waals surface area (Å²) in [4.78, 5) is 7.55. The van der Waals surface area contributed by atoms with E-state index in [2.05, 4.69) is 47.0 Å². The van der Waals surface area contributed by atoms with E-state index in [-0.39, 0.29) is 0 Å². The van der Waals surface area contributed by atoms with Crippen molar-refractivity contribution in [2.75, 3.05) is 0 Å². The lowest BCUT2D eigenvalue weighted by Gasteiger charge is -2.23. The van der Waals surface area contributed by atoms with E-state index in [0.717, 1.165) is 48.9 Å². The van der Waals surface area contributed by atoms with Crippen LogP contribution >= 0.6 is 18.9 Å². The monoisotopic (exact) mass is 500 g/mol. The summed E-state index contributed by atoms with van der Waals surface area (Å²) in [6, 6.07) is 42.5. The first-order valence-electron chi connectivity index (χ1n) is 11.8. The van der Waals surface area contributed by atoms with Crippen molar-refractivity contribution in [2.24, 2.45) is 0 Å². The zero-order valence-corrected chi connectivity index (χ0v) is 21.0. The van der Waals surface area contributed by atoms with Crippen molar-refractivity contribution in [1.82, 2.24) is 9.55 Å². The fourth-order valence-corrected chi connectivity index (χ4v) is 8.89. The molecule has 36 heavy (non-hydrogen) atoms. The predicted octanol–water partition coefficient (Wildman–Crippen LogP) is 6.80. The van der Waals surface area contributed by atoms with Crippen LogP contribution in [0, 0.1) is 0 Å². The second-order valence-corrected chi connectivity index (χ2v) is 12.6. The molecule has 6 aromatic rings. The lowest BCUT2D eigenvalue weighted by Crippen LogP contribution is -2.26. The lowest BCUT2D eigenvalue weighted by molar-refractivity contribution is 0.592. The smallest absolute Gasteiger partial charge is 0.173 e. The van der Waals surface area contributed by atoms with Gasteiger partial charge in [0.2, 0.25) is 0 Å². The second-order valence-electron chi connectivity index (χ2n) is 8.77. The molecular weight excluding hydrogens is 479 g/mol. The number of para-hydroxylation sites is 1. The minimum atomic E-state index is -3.20. The summed E-state index contributed by atoms with van der Waals surface area (Å²) >= 11 is 1.74. The molecule has 0 aliphatic carbocycles. The van der Waals surface area contributed by atoms with Crippen LogP contribution in [-0.4, -0.2) is 9.55 Å². The number of hydrogen-bond acceptors (Lipinski definition) is 3. The maximum Gasteiger partial charge on any atom is 0.173 e. The summed E-state index contributed by atoms with van der Waals surface area (Å²) in [5.74, 6) is 0.861. The van der Waals surface area contributed by atoms with Gasteiger partial charge in [-0.25, -0.2) is 4.98 Å². The molecule has 5 aromatic carbocycles. The minimum Gasteiger partial charge on any atom is -0.309 e. The molecular formula is C31H21N2OPS. The highest BCUT2D eigenvalue weighted by molar-refractivity contribution is 7.99. The molecule has 1 aliphatic heterocycles. The van der Waals surface area contributed by atoms with Crippen LogP contribution in [0.25, 0.3) is 28.1 Å². The van der Waals surface area contributed by atoms with Crippen molar-refractivity contribution in [2.45, 2.75) is 9.79 Å². The highest BCUT2D eigenvalue weighted by Crippen LogP contribution is 2.49. The van der Waals surface area contributed by atoms with E-state index >= 15 is 4.57 Å². The van der Waals surface area contributed by atoms with Crippen molar-refractivity contribution in [3.05, 3.63) is 127 Å². The van der Waals surface area contributed by atoms with Crippen LogP contribution in [0.15, 0.2) is 137 Å². The van der Waals surface area contributed by atoms with E-state index in [9.17, 15) is 0 Å². The SMILES string of the molecule is O=P(c1ccccc1)(c1ccccc1)c1ccc2c3c1nc(-c1ccccc1)n3-c1ccccc1S2. The van der Waals surface area contributed by atoms with Crippen LogP contribution in [0.2, 0.25) is 0 Å². The number of imidazole rings is 1.